The van der Waals surface area contributed by atoms with Gasteiger partial charge < -0.3 is 4.74 Å². The van der Waals surface area contributed by atoms with E-state index in [4.69, 9.17) is 4.74 Å². The Hall–Kier alpha value is -1.25. The van der Waals surface area contributed by atoms with Crippen LogP contribution in [-0.2, 0) is 17.1 Å². The lowest BCUT2D eigenvalue weighted by atomic mass is 10.0. The molecule has 0 N–H and O–H groups in total. The molecule has 0 bridgehead atoms. The van der Waals surface area contributed by atoms with Gasteiger partial charge in [0.1, 0.15) is 0 Å². The van der Waals surface area contributed by atoms with Crippen molar-refractivity contribution in [3.63, 3.8) is 0 Å². The largest absolute Gasteiger partial charge is 0.444 e. The third-order valence-electron chi connectivity index (χ3n) is 2.76. The topological polar surface area (TPSA) is 26.3 Å². The second-order valence-electron chi connectivity index (χ2n) is 4.64. The molecule has 0 aliphatic carbocycles. The Balaban J connectivity index is 3.33. The van der Waals surface area contributed by atoms with E-state index in [9.17, 15) is 31.1 Å². The van der Waals surface area contributed by atoms with Crippen molar-refractivity contribution in [2.45, 2.75) is 37.1 Å². The van der Waals surface area contributed by atoms with E-state index in [1.54, 1.807) is 6.92 Å². The van der Waals surface area contributed by atoms with Crippen molar-refractivity contribution in [1.29, 1.82) is 0 Å². The summed E-state index contributed by atoms with van der Waals surface area (Å²) in [6.45, 7) is 3.04. The highest BCUT2D eigenvalue weighted by molar-refractivity contribution is 9.10. The van der Waals surface area contributed by atoms with Gasteiger partial charge in [-0.15, -0.1) is 0 Å². The van der Waals surface area contributed by atoms with Gasteiger partial charge >= 0.3 is 18.3 Å². The molecule has 1 atom stereocenters. The van der Waals surface area contributed by atoms with Gasteiger partial charge in [0.25, 0.3) is 0 Å². The molecule has 1 rings (SSSR count). The summed E-state index contributed by atoms with van der Waals surface area (Å²) in [4.78, 5) is 11.8. The predicted molar refractivity (Wildman–Crippen MR) is 69.5 cm³/mol. The summed E-state index contributed by atoms with van der Waals surface area (Å²) in [5.41, 5.74) is -3.95. The molecule has 1 aromatic rings. The van der Waals surface area contributed by atoms with Gasteiger partial charge in [0.15, 0.2) is 4.51 Å². The molecule has 9 heteroatoms. The summed E-state index contributed by atoms with van der Waals surface area (Å²) >= 11 is 3.01. The minimum atomic E-state index is -5.02. The van der Waals surface area contributed by atoms with Crippen LogP contribution in [-0.4, -0.2) is 10.5 Å². The third kappa shape index (κ3) is 4.89. The van der Waals surface area contributed by atoms with Gasteiger partial charge in [-0.25, -0.2) is 4.79 Å². The summed E-state index contributed by atoms with van der Waals surface area (Å²) < 4.78 is 79.7. The zero-order chi connectivity index (χ0) is 17.3. The fraction of sp³-hybridized carbons (Fsp3) is 0.462. The summed E-state index contributed by atoms with van der Waals surface area (Å²) in [6, 6.07) is 0.608. The fourth-order valence-electron chi connectivity index (χ4n) is 1.40. The van der Waals surface area contributed by atoms with Gasteiger partial charge in [0, 0.05) is 0 Å². The number of carbonyl (C=O) groups excluding carboxylic acids is 1. The van der Waals surface area contributed by atoms with Crippen LogP contribution in [0.2, 0.25) is 0 Å². The number of ether oxygens (including phenoxy) is 1. The van der Waals surface area contributed by atoms with Gasteiger partial charge in [-0.2, -0.15) is 26.3 Å². The smallest absolute Gasteiger partial charge is 0.416 e. The van der Waals surface area contributed by atoms with Crippen molar-refractivity contribution >= 4 is 21.9 Å². The lowest BCUT2D eigenvalue weighted by Gasteiger charge is -2.22. The summed E-state index contributed by atoms with van der Waals surface area (Å²) in [5.74, 6) is -1.28. The number of hydrogen-bond donors (Lipinski definition) is 0. The molecule has 0 saturated heterocycles. The van der Waals surface area contributed by atoms with Crippen molar-refractivity contribution < 1.29 is 35.9 Å². The van der Waals surface area contributed by atoms with Crippen LogP contribution in [0.4, 0.5) is 26.3 Å². The van der Waals surface area contributed by atoms with Crippen LogP contribution in [0.15, 0.2) is 18.2 Å². The second-order valence-corrected chi connectivity index (χ2v) is 6.32. The molecule has 0 saturated carbocycles. The molecular formula is C13H11BrF6O2. The number of rotatable bonds is 3. The van der Waals surface area contributed by atoms with Crippen LogP contribution >= 0.6 is 15.9 Å². The van der Waals surface area contributed by atoms with Crippen molar-refractivity contribution in [2.75, 3.05) is 0 Å². The lowest BCUT2D eigenvalue weighted by molar-refractivity contribution is -0.143. The Morgan fingerprint density at radius 2 is 1.45 bits per heavy atom. The minimum Gasteiger partial charge on any atom is -0.444 e. The molecule has 1 aromatic carbocycles. The third-order valence-corrected chi connectivity index (χ3v) is 3.48. The number of carbonyl (C=O) groups is 1. The normalized spacial score (nSPS) is 15.3. The van der Waals surface area contributed by atoms with E-state index >= 15 is 0 Å². The zero-order valence-electron chi connectivity index (χ0n) is 11.4. The molecule has 2 nitrogen and oxygen atoms in total. The summed E-state index contributed by atoms with van der Waals surface area (Å²) in [6.07, 6.45) is -9.76. The summed E-state index contributed by atoms with van der Waals surface area (Å²) in [5, 5.41) is 0. The Morgan fingerprint density at radius 1 is 1.05 bits per heavy atom. The number of halogens is 7. The molecule has 0 fully saturated rings. The maximum absolute atomic E-state index is 12.7. The van der Waals surface area contributed by atoms with E-state index in [1.807, 2.05) is 0 Å². The first kappa shape index (κ1) is 18.8. The van der Waals surface area contributed by atoms with E-state index in [-0.39, 0.29) is 12.5 Å². The molecule has 0 aliphatic heterocycles. The van der Waals surface area contributed by atoms with Crippen molar-refractivity contribution in [1.82, 2.24) is 0 Å². The molecule has 0 aliphatic rings. The van der Waals surface area contributed by atoms with Crippen molar-refractivity contribution in [2.24, 2.45) is 0 Å². The SMILES string of the molecule is CCC(C)(Br)OC(=O)c1cc(C(F)(F)F)cc(C(F)(F)F)c1. The number of benzene rings is 1. The second kappa shape index (κ2) is 6.10. The van der Waals surface area contributed by atoms with Crippen LogP contribution in [0.25, 0.3) is 0 Å². The van der Waals surface area contributed by atoms with Crippen LogP contribution in [0.3, 0.4) is 0 Å². The quantitative estimate of drug-likeness (QED) is 0.391. The fourth-order valence-corrected chi connectivity index (χ4v) is 1.54. The van der Waals surface area contributed by atoms with Crippen LogP contribution < -0.4 is 0 Å². The molecule has 1 unspecified atom stereocenters. The van der Waals surface area contributed by atoms with Crippen LogP contribution in [0.1, 0.15) is 41.8 Å². The number of esters is 1. The monoisotopic (exact) mass is 392 g/mol. The molecule has 0 aromatic heterocycles. The average Bonchev–Trinajstić information content (AvgIpc) is 2.35. The highest BCUT2D eigenvalue weighted by Gasteiger charge is 2.38. The summed E-state index contributed by atoms with van der Waals surface area (Å²) in [7, 11) is 0. The Bertz CT molecular complexity index is 530. The van der Waals surface area contributed by atoms with Gasteiger partial charge in [-0.05, 0) is 47.5 Å². The van der Waals surface area contributed by atoms with Crippen molar-refractivity contribution in [3.05, 3.63) is 34.9 Å². The first-order valence-corrected chi connectivity index (χ1v) is 6.77. The minimum absolute atomic E-state index is 0.0517. The van der Waals surface area contributed by atoms with E-state index in [0.717, 1.165) is 0 Å². The number of hydrogen-bond acceptors (Lipinski definition) is 2. The molecule has 0 heterocycles. The predicted octanol–water partition coefficient (Wildman–Crippen LogP) is 5.40. The molecule has 0 radical (unpaired) electrons. The van der Waals surface area contributed by atoms with Gasteiger partial charge in [0.05, 0.1) is 16.7 Å². The number of alkyl halides is 7. The van der Waals surface area contributed by atoms with Gasteiger partial charge in [-0.1, -0.05) is 6.92 Å². The maximum atomic E-state index is 12.7. The van der Waals surface area contributed by atoms with Gasteiger partial charge in [0.2, 0.25) is 0 Å². The van der Waals surface area contributed by atoms with Crippen molar-refractivity contribution in [3.8, 4) is 0 Å². The standard InChI is InChI=1S/C13H11BrF6O2/c1-3-11(2,14)22-10(21)7-4-8(12(15,16)17)6-9(5-7)13(18,19)20/h4-6H,3H2,1-2H3. The molecular weight excluding hydrogens is 382 g/mol. The van der Waals surface area contributed by atoms with Crippen LogP contribution in [0.5, 0.6) is 0 Å². The van der Waals surface area contributed by atoms with E-state index in [0.29, 0.717) is 12.1 Å². The Labute approximate surface area is 130 Å². The lowest BCUT2D eigenvalue weighted by Crippen LogP contribution is -2.24. The van der Waals surface area contributed by atoms with E-state index in [1.165, 1.54) is 6.92 Å². The Kier molecular flexibility index (Phi) is 5.21. The first-order chi connectivity index (χ1) is 9.76. The molecule has 0 amide bonds. The average molecular weight is 393 g/mol. The van der Waals surface area contributed by atoms with Crippen LogP contribution in [0, 0.1) is 0 Å². The van der Waals surface area contributed by atoms with Gasteiger partial charge in [-0.3, -0.25) is 0 Å². The van der Waals surface area contributed by atoms with E-state index in [2.05, 4.69) is 15.9 Å². The molecule has 22 heavy (non-hydrogen) atoms. The highest BCUT2D eigenvalue weighted by Crippen LogP contribution is 2.37. The molecule has 0 spiro atoms. The zero-order valence-corrected chi connectivity index (χ0v) is 13.0. The maximum Gasteiger partial charge on any atom is 0.416 e. The van der Waals surface area contributed by atoms with E-state index < -0.39 is 39.5 Å². The Morgan fingerprint density at radius 3 is 1.77 bits per heavy atom. The first-order valence-electron chi connectivity index (χ1n) is 5.98. The molecule has 124 valence electrons. The highest BCUT2D eigenvalue weighted by atomic mass is 79.9.